The molecule has 2 aromatic rings. The van der Waals surface area contributed by atoms with Crippen LogP contribution in [0.2, 0.25) is 0 Å². The lowest BCUT2D eigenvalue weighted by Crippen LogP contribution is -2.03. The third-order valence-electron chi connectivity index (χ3n) is 2.87. The SMILES string of the molecule is O=C1Nc2ccccc2/C1=C/c1cccc(Br)c1. The van der Waals surface area contributed by atoms with E-state index in [2.05, 4.69) is 21.2 Å². The first-order valence-electron chi connectivity index (χ1n) is 5.62. The van der Waals surface area contributed by atoms with Gasteiger partial charge >= 0.3 is 0 Å². The van der Waals surface area contributed by atoms with Gasteiger partial charge in [-0.25, -0.2) is 0 Å². The standard InChI is InChI=1S/C15H10BrNO/c16-11-5-3-4-10(8-11)9-13-12-6-1-2-7-14(12)17-15(13)18/h1-9H,(H,17,18)/b13-9-. The van der Waals surface area contributed by atoms with Crippen LogP contribution < -0.4 is 5.32 Å². The van der Waals surface area contributed by atoms with Crippen molar-refractivity contribution in [3.8, 4) is 0 Å². The number of halogens is 1. The van der Waals surface area contributed by atoms with E-state index in [1.165, 1.54) is 0 Å². The molecule has 3 heteroatoms. The number of benzene rings is 2. The lowest BCUT2D eigenvalue weighted by Gasteiger charge is -1.99. The third-order valence-corrected chi connectivity index (χ3v) is 3.36. The molecule has 1 aliphatic rings. The Morgan fingerprint density at radius 2 is 1.89 bits per heavy atom. The van der Waals surface area contributed by atoms with Crippen LogP contribution in [-0.2, 0) is 4.79 Å². The van der Waals surface area contributed by atoms with E-state index in [0.717, 1.165) is 21.3 Å². The molecule has 1 heterocycles. The van der Waals surface area contributed by atoms with Crippen molar-refractivity contribution < 1.29 is 4.79 Å². The van der Waals surface area contributed by atoms with E-state index in [9.17, 15) is 4.79 Å². The summed E-state index contributed by atoms with van der Waals surface area (Å²) >= 11 is 3.43. The van der Waals surface area contributed by atoms with Crippen molar-refractivity contribution in [3.63, 3.8) is 0 Å². The molecule has 88 valence electrons. The highest BCUT2D eigenvalue weighted by atomic mass is 79.9. The molecule has 1 N–H and O–H groups in total. The number of rotatable bonds is 1. The van der Waals surface area contributed by atoms with Crippen molar-refractivity contribution in [1.82, 2.24) is 0 Å². The van der Waals surface area contributed by atoms with Gasteiger partial charge in [-0.05, 0) is 29.8 Å². The highest BCUT2D eigenvalue weighted by Crippen LogP contribution is 2.32. The van der Waals surface area contributed by atoms with Crippen LogP contribution in [0.3, 0.4) is 0 Å². The number of hydrogen-bond acceptors (Lipinski definition) is 1. The molecule has 2 aromatic carbocycles. The molecular formula is C15H10BrNO. The second-order valence-electron chi connectivity index (χ2n) is 4.11. The van der Waals surface area contributed by atoms with Crippen LogP contribution in [0.1, 0.15) is 11.1 Å². The van der Waals surface area contributed by atoms with E-state index in [1.807, 2.05) is 54.6 Å². The van der Waals surface area contributed by atoms with Gasteiger partial charge in [-0.1, -0.05) is 46.3 Å². The first-order chi connectivity index (χ1) is 8.74. The molecule has 0 saturated heterocycles. The summed E-state index contributed by atoms with van der Waals surface area (Å²) in [6.45, 7) is 0. The van der Waals surface area contributed by atoms with Crippen LogP contribution in [-0.4, -0.2) is 5.91 Å². The zero-order valence-corrected chi connectivity index (χ0v) is 11.1. The lowest BCUT2D eigenvalue weighted by atomic mass is 10.0. The average molecular weight is 300 g/mol. The van der Waals surface area contributed by atoms with Gasteiger partial charge in [0.15, 0.2) is 0 Å². The molecule has 0 atom stereocenters. The first kappa shape index (κ1) is 11.2. The quantitative estimate of drug-likeness (QED) is 0.794. The van der Waals surface area contributed by atoms with Gasteiger partial charge in [0.05, 0.1) is 0 Å². The topological polar surface area (TPSA) is 29.1 Å². The van der Waals surface area contributed by atoms with Crippen molar-refractivity contribution in [2.75, 3.05) is 5.32 Å². The summed E-state index contributed by atoms with van der Waals surface area (Å²) in [4.78, 5) is 11.9. The molecule has 1 aliphatic heterocycles. The lowest BCUT2D eigenvalue weighted by molar-refractivity contribution is -0.110. The molecule has 0 fully saturated rings. The highest BCUT2D eigenvalue weighted by Gasteiger charge is 2.22. The second kappa shape index (κ2) is 4.42. The van der Waals surface area contributed by atoms with Crippen LogP contribution in [0, 0.1) is 0 Å². The van der Waals surface area contributed by atoms with Gasteiger partial charge in [-0.3, -0.25) is 4.79 Å². The summed E-state index contributed by atoms with van der Waals surface area (Å²) < 4.78 is 1.00. The number of amides is 1. The minimum Gasteiger partial charge on any atom is -0.321 e. The Hall–Kier alpha value is -1.87. The molecule has 1 amide bonds. The monoisotopic (exact) mass is 299 g/mol. The van der Waals surface area contributed by atoms with E-state index in [1.54, 1.807) is 0 Å². The maximum atomic E-state index is 11.9. The molecule has 18 heavy (non-hydrogen) atoms. The van der Waals surface area contributed by atoms with E-state index in [4.69, 9.17) is 0 Å². The number of para-hydroxylation sites is 1. The van der Waals surface area contributed by atoms with Gasteiger partial charge in [0, 0.05) is 21.3 Å². The highest BCUT2D eigenvalue weighted by molar-refractivity contribution is 9.10. The summed E-state index contributed by atoms with van der Waals surface area (Å²) in [7, 11) is 0. The minimum atomic E-state index is -0.0452. The van der Waals surface area contributed by atoms with E-state index in [-0.39, 0.29) is 5.91 Å². The smallest absolute Gasteiger partial charge is 0.256 e. The van der Waals surface area contributed by atoms with Crippen molar-refractivity contribution in [1.29, 1.82) is 0 Å². The zero-order chi connectivity index (χ0) is 12.5. The van der Waals surface area contributed by atoms with E-state index >= 15 is 0 Å². The van der Waals surface area contributed by atoms with Crippen molar-refractivity contribution in [2.24, 2.45) is 0 Å². The minimum absolute atomic E-state index is 0.0452. The van der Waals surface area contributed by atoms with Gasteiger partial charge in [-0.15, -0.1) is 0 Å². The van der Waals surface area contributed by atoms with Gasteiger partial charge in [0.25, 0.3) is 5.91 Å². The van der Waals surface area contributed by atoms with Crippen LogP contribution in [0.4, 0.5) is 5.69 Å². The first-order valence-corrected chi connectivity index (χ1v) is 6.41. The largest absolute Gasteiger partial charge is 0.321 e. The number of carbonyl (C=O) groups is 1. The van der Waals surface area contributed by atoms with Gasteiger partial charge in [-0.2, -0.15) is 0 Å². The molecule has 0 aromatic heterocycles. The molecule has 0 spiro atoms. The van der Waals surface area contributed by atoms with E-state index in [0.29, 0.717) is 5.57 Å². The maximum absolute atomic E-state index is 11.9. The number of nitrogens with one attached hydrogen (secondary N) is 1. The van der Waals surface area contributed by atoms with Crippen LogP contribution >= 0.6 is 15.9 Å². The second-order valence-corrected chi connectivity index (χ2v) is 5.03. The average Bonchev–Trinajstić information content (AvgIpc) is 2.66. The van der Waals surface area contributed by atoms with Crippen molar-refractivity contribution in [3.05, 3.63) is 64.1 Å². The molecule has 3 rings (SSSR count). The molecule has 0 aliphatic carbocycles. The van der Waals surface area contributed by atoms with Crippen molar-refractivity contribution in [2.45, 2.75) is 0 Å². The molecule has 0 unspecified atom stereocenters. The Labute approximate surface area is 113 Å². The van der Waals surface area contributed by atoms with Gasteiger partial charge < -0.3 is 5.32 Å². The maximum Gasteiger partial charge on any atom is 0.256 e. The number of carbonyl (C=O) groups excluding carboxylic acids is 1. The Morgan fingerprint density at radius 1 is 1.06 bits per heavy atom. The Balaban J connectivity index is 2.10. The summed E-state index contributed by atoms with van der Waals surface area (Å²) in [6.07, 6.45) is 1.91. The molecular weight excluding hydrogens is 290 g/mol. The number of hydrogen-bond donors (Lipinski definition) is 1. The Kier molecular flexibility index (Phi) is 2.76. The van der Waals surface area contributed by atoms with Crippen LogP contribution in [0.25, 0.3) is 11.6 Å². The van der Waals surface area contributed by atoms with E-state index < -0.39 is 0 Å². The normalized spacial score (nSPS) is 15.6. The van der Waals surface area contributed by atoms with Crippen LogP contribution in [0.15, 0.2) is 53.0 Å². The predicted octanol–water partition coefficient (Wildman–Crippen LogP) is 3.94. The number of anilines is 1. The zero-order valence-electron chi connectivity index (χ0n) is 9.48. The van der Waals surface area contributed by atoms with Gasteiger partial charge in [0.2, 0.25) is 0 Å². The third kappa shape index (κ3) is 1.97. The summed E-state index contributed by atoms with van der Waals surface area (Å²) in [6, 6.07) is 15.6. The Bertz CT molecular complexity index is 661. The molecule has 0 radical (unpaired) electrons. The molecule has 2 nitrogen and oxygen atoms in total. The molecule has 0 saturated carbocycles. The van der Waals surface area contributed by atoms with Gasteiger partial charge in [0.1, 0.15) is 0 Å². The van der Waals surface area contributed by atoms with Crippen LogP contribution in [0.5, 0.6) is 0 Å². The fraction of sp³-hybridized carbons (Fsp3) is 0. The fourth-order valence-corrected chi connectivity index (χ4v) is 2.46. The Morgan fingerprint density at radius 3 is 2.72 bits per heavy atom. The fourth-order valence-electron chi connectivity index (χ4n) is 2.05. The number of fused-ring (bicyclic) bond motifs is 1. The molecule has 0 bridgehead atoms. The predicted molar refractivity (Wildman–Crippen MR) is 77.1 cm³/mol. The summed E-state index contributed by atoms with van der Waals surface area (Å²) in [5.74, 6) is -0.0452. The summed E-state index contributed by atoms with van der Waals surface area (Å²) in [5, 5.41) is 2.86. The summed E-state index contributed by atoms with van der Waals surface area (Å²) in [5.41, 5.74) is 3.56. The van der Waals surface area contributed by atoms with Crippen molar-refractivity contribution >= 4 is 39.2 Å².